The van der Waals surface area contributed by atoms with Crippen molar-refractivity contribution in [2.24, 2.45) is 0 Å². The quantitative estimate of drug-likeness (QED) is 0.267. The normalized spacial score (nSPS) is 14.7. The second kappa shape index (κ2) is 11.1. The van der Waals surface area contributed by atoms with E-state index in [9.17, 15) is 0 Å². The Morgan fingerprint density at radius 2 is 0.553 bits per heavy atom. The first-order chi connectivity index (χ1) is 18.9. The van der Waals surface area contributed by atoms with Gasteiger partial charge in [0.25, 0.3) is 0 Å². The van der Waals surface area contributed by atoms with Crippen LogP contribution >= 0.6 is 0 Å². The summed E-state index contributed by atoms with van der Waals surface area (Å²) in [6.07, 6.45) is 17.6. The Balaban J connectivity index is 1.25. The van der Waals surface area contributed by atoms with E-state index in [1.54, 1.807) is 0 Å². The summed E-state index contributed by atoms with van der Waals surface area (Å²) >= 11 is 0. The number of hydrogen-bond donors (Lipinski definition) is 0. The van der Waals surface area contributed by atoms with E-state index in [0.717, 1.165) is 0 Å². The zero-order valence-electron chi connectivity index (χ0n) is 21.2. The maximum atomic E-state index is 2.29. The van der Waals surface area contributed by atoms with Gasteiger partial charge in [-0.2, -0.15) is 0 Å². The Hall–Kier alpha value is -4.82. The molecular weight excluding hydrogens is 460 g/mol. The molecule has 4 aromatic rings. The molecule has 0 saturated heterocycles. The number of nitrogens with zero attached hydrogens (tertiary/aromatic N) is 2. The fourth-order valence-electron chi connectivity index (χ4n) is 5.22. The van der Waals surface area contributed by atoms with Crippen LogP contribution in [-0.2, 0) is 0 Å². The van der Waals surface area contributed by atoms with Crippen LogP contribution in [0.5, 0.6) is 0 Å². The van der Waals surface area contributed by atoms with Gasteiger partial charge in [-0.3, -0.25) is 0 Å². The summed E-state index contributed by atoms with van der Waals surface area (Å²) in [5.74, 6) is 0. The van der Waals surface area contributed by atoms with Crippen LogP contribution in [-0.4, -0.2) is 9.80 Å². The van der Waals surface area contributed by atoms with E-state index >= 15 is 0 Å². The highest BCUT2D eigenvalue weighted by Crippen LogP contribution is 2.34. The standard InChI is InChI=1S/C36H30N2/c1-5-13-31(14-6-1)35(32-15-7-2-8-16-32)37-25-21-29(22-26-37)30-23-27-38(28-24-30)36(33-17-9-3-10-18-33)34-19-11-4-12-20-34/h1-28,35-36H. The molecule has 0 atom stereocenters. The molecule has 4 aromatic carbocycles. The monoisotopic (exact) mass is 490 g/mol. The number of hydrogen-bond acceptors (Lipinski definition) is 2. The zero-order chi connectivity index (χ0) is 25.6. The van der Waals surface area contributed by atoms with Gasteiger partial charge in [-0.15, -0.1) is 0 Å². The molecule has 2 aliphatic rings. The lowest BCUT2D eigenvalue weighted by Crippen LogP contribution is -2.22. The van der Waals surface area contributed by atoms with E-state index in [1.807, 2.05) is 0 Å². The molecule has 2 heteroatoms. The number of benzene rings is 4. The van der Waals surface area contributed by atoms with Gasteiger partial charge in [0.1, 0.15) is 0 Å². The van der Waals surface area contributed by atoms with Crippen LogP contribution in [0.3, 0.4) is 0 Å². The van der Waals surface area contributed by atoms with E-state index in [4.69, 9.17) is 0 Å². The summed E-state index contributed by atoms with van der Waals surface area (Å²) in [7, 11) is 0. The lowest BCUT2D eigenvalue weighted by molar-refractivity contribution is 0.422. The average Bonchev–Trinajstić information content (AvgIpc) is 3.00. The van der Waals surface area contributed by atoms with Gasteiger partial charge in [0.2, 0.25) is 0 Å². The van der Waals surface area contributed by atoms with E-state index < -0.39 is 0 Å². The van der Waals surface area contributed by atoms with E-state index in [2.05, 4.69) is 180 Å². The molecule has 2 heterocycles. The summed E-state index contributed by atoms with van der Waals surface area (Å²) in [6, 6.07) is 43.0. The first-order valence-electron chi connectivity index (χ1n) is 13.1. The van der Waals surface area contributed by atoms with Gasteiger partial charge in [0.15, 0.2) is 0 Å². The van der Waals surface area contributed by atoms with Gasteiger partial charge in [0.05, 0.1) is 12.1 Å². The van der Waals surface area contributed by atoms with Crippen molar-refractivity contribution < 1.29 is 0 Å². The zero-order valence-corrected chi connectivity index (χ0v) is 21.2. The molecule has 0 bridgehead atoms. The summed E-state index contributed by atoms with van der Waals surface area (Å²) < 4.78 is 0. The van der Waals surface area contributed by atoms with Gasteiger partial charge in [-0.1, -0.05) is 121 Å². The molecule has 2 nitrogen and oxygen atoms in total. The third-order valence-electron chi connectivity index (χ3n) is 7.10. The predicted octanol–water partition coefficient (Wildman–Crippen LogP) is 8.55. The highest BCUT2D eigenvalue weighted by atomic mass is 15.1. The molecule has 0 N–H and O–H groups in total. The molecular formula is C36H30N2. The summed E-state index contributed by atoms with van der Waals surface area (Å²) in [4.78, 5) is 4.58. The molecule has 0 aromatic heterocycles. The van der Waals surface area contributed by atoms with E-state index in [1.165, 1.54) is 33.4 Å². The molecule has 0 saturated carbocycles. The topological polar surface area (TPSA) is 6.48 Å². The fraction of sp³-hybridized carbons (Fsp3) is 0.0556. The third-order valence-corrected chi connectivity index (χ3v) is 7.10. The van der Waals surface area contributed by atoms with Crippen LogP contribution in [0.1, 0.15) is 34.3 Å². The largest absolute Gasteiger partial charge is 0.343 e. The average molecular weight is 491 g/mol. The smallest absolute Gasteiger partial charge is 0.0833 e. The van der Waals surface area contributed by atoms with E-state index in [-0.39, 0.29) is 12.1 Å². The minimum absolute atomic E-state index is 0.127. The molecule has 0 fully saturated rings. The number of rotatable bonds is 6. The Bertz CT molecular complexity index is 1270. The Kier molecular flexibility index (Phi) is 6.86. The van der Waals surface area contributed by atoms with Crippen LogP contribution in [0.15, 0.2) is 182 Å². The maximum absolute atomic E-state index is 2.29. The minimum atomic E-state index is 0.127. The molecule has 0 amide bonds. The van der Waals surface area contributed by atoms with Crippen molar-refractivity contribution in [3.8, 4) is 0 Å². The van der Waals surface area contributed by atoms with Crippen LogP contribution < -0.4 is 0 Å². The van der Waals surface area contributed by atoms with Crippen LogP contribution in [0.25, 0.3) is 0 Å². The van der Waals surface area contributed by atoms with Crippen molar-refractivity contribution in [1.82, 2.24) is 9.80 Å². The first-order valence-corrected chi connectivity index (χ1v) is 13.1. The van der Waals surface area contributed by atoms with Crippen molar-refractivity contribution in [3.63, 3.8) is 0 Å². The first kappa shape index (κ1) is 23.6. The van der Waals surface area contributed by atoms with Crippen LogP contribution in [0, 0.1) is 0 Å². The highest BCUT2D eigenvalue weighted by Gasteiger charge is 2.22. The van der Waals surface area contributed by atoms with Crippen molar-refractivity contribution in [2.45, 2.75) is 12.1 Å². The third kappa shape index (κ3) is 5.02. The van der Waals surface area contributed by atoms with Crippen molar-refractivity contribution in [1.29, 1.82) is 0 Å². The Morgan fingerprint density at radius 1 is 0.316 bits per heavy atom. The Labute approximate surface area is 225 Å². The van der Waals surface area contributed by atoms with Crippen molar-refractivity contribution in [3.05, 3.63) is 204 Å². The fourth-order valence-corrected chi connectivity index (χ4v) is 5.22. The van der Waals surface area contributed by atoms with Gasteiger partial charge in [-0.25, -0.2) is 0 Å². The van der Waals surface area contributed by atoms with E-state index in [0.29, 0.717) is 0 Å². The molecule has 0 radical (unpaired) electrons. The van der Waals surface area contributed by atoms with Crippen LogP contribution in [0.2, 0.25) is 0 Å². The molecule has 0 spiro atoms. The minimum Gasteiger partial charge on any atom is -0.343 e. The van der Waals surface area contributed by atoms with Gasteiger partial charge in [0, 0.05) is 24.8 Å². The summed E-state index contributed by atoms with van der Waals surface area (Å²) in [5.41, 5.74) is 7.47. The maximum Gasteiger partial charge on any atom is 0.0833 e. The predicted molar refractivity (Wildman–Crippen MR) is 157 cm³/mol. The van der Waals surface area contributed by atoms with Gasteiger partial charge in [-0.05, 0) is 57.7 Å². The lowest BCUT2D eigenvalue weighted by atomic mass is 9.95. The highest BCUT2D eigenvalue weighted by molar-refractivity contribution is 5.50. The second-order valence-electron chi connectivity index (χ2n) is 9.52. The van der Waals surface area contributed by atoms with Gasteiger partial charge >= 0.3 is 0 Å². The van der Waals surface area contributed by atoms with Crippen molar-refractivity contribution in [2.75, 3.05) is 0 Å². The molecule has 6 rings (SSSR count). The summed E-state index contributed by atoms with van der Waals surface area (Å²) in [6.45, 7) is 0. The molecule has 2 aliphatic heterocycles. The molecule has 38 heavy (non-hydrogen) atoms. The lowest BCUT2D eigenvalue weighted by Gasteiger charge is -2.32. The second-order valence-corrected chi connectivity index (χ2v) is 9.52. The summed E-state index contributed by atoms with van der Waals surface area (Å²) in [5, 5.41) is 0. The number of allylic oxidation sites excluding steroid dienone is 6. The Morgan fingerprint density at radius 3 is 0.789 bits per heavy atom. The van der Waals surface area contributed by atoms with Crippen LogP contribution in [0.4, 0.5) is 0 Å². The molecule has 184 valence electrons. The molecule has 0 aliphatic carbocycles. The van der Waals surface area contributed by atoms with Gasteiger partial charge < -0.3 is 9.80 Å². The van der Waals surface area contributed by atoms with Crippen molar-refractivity contribution >= 4 is 0 Å². The molecule has 0 unspecified atom stereocenters. The SMILES string of the molecule is C1=CN(C(c2ccccc2)c2ccccc2)C=CC1=C1C=CN(C(c2ccccc2)c2ccccc2)C=C1.